The van der Waals surface area contributed by atoms with Crippen LogP contribution in [-0.4, -0.2) is 43.6 Å². The van der Waals surface area contributed by atoms with Crippen molar-refractivity contribution in [3.63, 3.8) is 0 Å². The number of anilines is 1. The van der Waals surface area contributed by atoms with Crippen LogP contribution in [0, 0.1) is 5.92 Å². The highest BCUT2D eigenvalue weighted by Gasteiger charge is 2.46. The molecule has 0 aliphatic carbocycles. The molecule has 1 heterocycles. The Morgan fingerprint density at radius 2 is 1.97 bits per heavy atom. The number of phenolic OH excluding ortho intramolecular Hbond substituents is 1. The molecule has 2 N–H and O–H groups in total. The van der Waals surface area contributed by atoms with Gasteiger partial charge in [-0.25, -0.2) is 0 Å². The largest absolute Gasteiger partial charge is 0.516 e. The monoisotopic (exact) mass is 436 g/mol. The van der Waals surface area contributed by atoms with Gasteiger partial charge in [0.25, 0.3) is 0 Å². The first-order valence-corrected chi connectivity index (χ1v) is 11.5. The maximum absolute atomic E-state index is 12.6. The molecule has 0 bridgehead atoms. The molecule has 1 aliphatic heterocycles. The van der Waals surface area contributed by atoms with Crippen LogP contribution in [0.25, 0.3) is 0 Å². The van der Waals surface area contributed by atoms with Crippen molar-refractivity contribution in [3.8, 4) is 5.75 Å². The summed E-state index contributed by atoms with van der Waals surface area (Å²) in [5, 5.41) is 10.2. The Kier molecular flexibility index (Phi) is 7.48. The molecule has 0 amide bonds. The number of nitrogens with one attached hydrogen (secondary N) is 1. The minimum absolute atomic E-state index is 0.251. The highest BCUT2D eigenvalue weighted by atomic mass is 32.2. The van der Waals surface area contributed by atoms with Gasteiger partial charge in [0.05, 0.1) is 5.69 Å². The number of hydrogen-bond acceptors (Lipinski definition) is 4. The Bertz CT molecular complexity index is 799. The van der Waals surface area contributed by atoms with Crippen LogP contribution in [0.5, 0.6) is 5.75 Å². The van der Waals surface area contributed by atoms with Crippen molar-refractivity contribution in [2.24, 2.45) is 5.92 Å². The predicted octanol–water partition coefficient (Wildman–Crippen LogP) is 4.83. The zero-order valence-corrected chi connectivity index (χ0v) is 18.0. The van der Waals surface area contributed by atoms with Crippen LogP contribution < -0.4 is 4.72 Å². The maximum Gasteiger partial charge on any atom is 0.516 e. The number of nitrogens with zero attached hydrogens (tertiary/aromatic N) is 1. The smallest absolute Gasteiger partial charge is 0.506 e. The number of aromatic hydroxyl groups is 1. The summed E-state index contributed by atoms with van der Waals surface area (Å²) in [6.45, 7) is 9.28. The molecule has 5 nitrogen and oxygen atoms in total. The van der Waals surface area contributed by atoms with Gasteiger partial charge < -0.3 is 10.0 Å². The molecule has 0 saturated carbocycles. The van der Waals surface area contributed by atoms with Crippen LogP contribution in [0.15, 0.2) is 18.2 Å². The third kappa shape index (κ3) is 5.57. The van der Waals surface area contributed by atoms with E-state index in [1.54, 1.807) is 6.07 Å². The molecule has 0 radical (unpaired) electrons. The van der Waals surface area contributed by atoms with Crippen molar-refractivity contribution >= 4 is 15.7 Å². The van der Waals surface area contributed by atoms with Gasteiger partial charge in [-0.05, 0) is 55.0 Å². The van der Waals surface area contributed by atoms with E-state index in [9.17, 15) is 26.7 Å². The lowest BCUT2D eigenvalue weighted by atomic mass is 9.68. The first kappa shape index (κ1) is 23.8. The number of sulfonamides is 1. The Labute approximate surface area is 171 Å². The van der Waals surface area contributed by atoms with Crippen LogP contribution in [0.3, 0.4) is 0 Å². The summed E-state index contributed by atoms with van der Waals surface area (Å²) in [7, 11) is -5.57. The molecule has 0 unspecified atom stereocenters. The van der Waals surface area contributed by atoms with Crippen LogP contribution in [0.2, 0.25) is 0 Å². The molecule has 1 aromatic carbocycles. The van der Waals surface area contributed by atoms with E-state index in [1.165, 1.54) is 42.5 Å². The van der Waals surface area contributed by atoms with E-state index in [1.807, 2.05) is 0 Å². The second-order valence-electron chi connectivity index (χ2n) is 8.21. The van der Waals surface area contributed by atoms with E-state index in [0.717, 1.165) is 31.6 Å². The number of hydrogen-bond donors (Lipinski definition) is 2. The van der Waals surface area contributed by atoms with E-state index in [4.69, 9.17) is 0 Å². The highest BCUT2D eigenvalue weighted by Crippen LogP contribution is 2.42. The molecular weight excluding hydrogens is 405 g/mol. The van der Waals surface area contributed by atoms with Gasteiger partial charge in [-0.3, -0.25) is 4.72 Å². The fourth-order valence-corrected chi connectivity index (χ4v) is 4.46. The molecule has 1 aromatic rings. The number of rotatable bonds is 8. The maximum atomic E-state index is 12.6. The zero-order valence-electron chi connectivity index (χ0n) is 17.2. The number of unbranched alkanes of at least 4 members (excludes halogenated alkanes) is 3. The SMILES string of the molecule is CCCCCCN1CC[C@](C)(c2ccc(NS(=O)(=O)C(F)(F)F)c(O)c2)[C@@H](C)C1. The second-order valence-corrected chi connectivity index (χ2v) is 9.89. The lowest BCUT2D eigenvalue weighted by Gasteiger charge is -2.45. The molecule has 29 heavy (non-hydrogen) atoms. The molecule has 0 spiro atoms. The van der Waals surface area contributed by atoms with Crippen molar-refractivity contribution in [3.05, 3.63) is 23.8 Å². The Hall–Kier alpha value is -1.48. The van der Waals surface area contributed by atoms with Gasteiger partial charge >= 0.3 is 15.5 Å². The van der Waals surface area contributed by atoms with Gasteiger partial charge in [-0.1, -0.05) is 46.1 Å². The first-order valence-electron chi connectivity index (χ1n) is 10.1. The summed E-state index contributed by atoms with van der Waals surface area (Å²) < 4.78 is 61.7. The number of likely N-dealkylation sites (tertiary alicyclic amines) is 1. The first-order chi connectivity index (χ1) is 13.4. The lowest BCUT2D eigenvalue weighted by molar-refractivity contribution is -0.0429. The molecule has 0 aromatic heterocycles. The van der Waals surface area contributed by atoms with E-state index in [-0.39, 0.29) is 11.3 Å². The molecule has 1 saturated heterocycles. The second kappa shape index (κ2) is 9.12. The fraction of sp³-hybridized carbons (Fsp3) is 0.700. The van der Waals surface area contributed by atoms with E-state index in [2.05, 4.69) is 25.7 Å². The molecule has 1 aliphatic rings. The lowest BCUT2D eigenvalue weighted by Crippen LogP contribution is -2.47. The van der Waals surface area contributed by atoms with Gasteiger partial charge in [0.1, 0.15) is 5.75 Å². The molecule has 1 fully saturated rings. The quantitative estimate of drug-likeness (QED) is 0.452. The zero-order chi connectivity index (χ0) is 21.9. The minimum Gasteiger partial charge on any atom is -0.506 e. The fourth-order valence-electron chi connectivity index (χ4n) is 3.89. The Balaban J connectivity index is 2.10. The molecule has 166 valence electrons. The van der Waals surface area contributed by atoms with Gasteiger partial charge in [0.15, 0.2) is 0 Å². The topological polar surface area (TPSA) is 69.6 Å². The van der Waals surface area contributed by atoms with Crippen molar-refractivity contribution < 1.29 is 26.7 Å². The minimum atomic E-state index is -5.57. The van der Waals surface area contributed by atoms with Gasteiger partial charge in [-0.2, -0.15) is 21.6 Å². The van der Waals surface area contributed by atoms with Crippen LogP contribution >= 0.6 is 0 Å². The molecule has 2 atom stereocenters. The summed E-state index contributed by atoms with van der Waals surface area (Å²) in [6.07, 6.45) is 5.70. The van der Waals surface area contributed by atoms with Crippen molar-refractivity contribution in [1.29, 1.82) is 0 Å². The van der Waals surface area contributed by atoms with E-state index < -0.39 is 27.0 Å². The summed E-state index contributed by atoms with van der Waals surface area (Å²) in [6, 6.07) is 4.17. The number of phenols is 1. The number of halogens is 3. The summed E-state index contributed by atoms with van der Waals surface area (Å²) in [5.41, 5.74) is -5.37. The van der Waals surface area contributed by atoms with E-state index >= 15 is 0 Å². The Morgan fingerprint density at radius 3 is 2.52 bits per heavy atom. The summed E-state index contributed by atoms with van der Waals surface area (Å²) in [5.74, 6) is -0.231. The summed E-state index contributed by atoms with van der Waals surface area (Å²) >= 11 is 0. The molecule has 9 heteroatoms. The van der Waals surface area contributed by atoms with Gasteiger partial charge in [-0.15, -0.1) is 0 Å². The standard InChI is InChI=1S/C20H31F3N2O3S/c1-4-5-6-7-11-25-12-10-19(3,15(2)14-25)16-8-9-17(18(26)13-16)24-29(27,28)20(21,22)23/h8-9,13,15,24,26H,4-7,10-12,14H2,1-3H3/t15-,19-/m0/s1. The Morgan fingerprint density at radius 1 is 1.28 bits per heavy atom. The number of alkyl halides is 3. The third-order valence-corrected chi connectivity index (χ3v) is 7.20. The highest BCUT2D eigenvalue weighted by molar-refractivity contribution is 7.93. The van der Waals surface area contributed by atoms with Gasteiger partial charge in [0.2, 0.25) is 0 Å². The average molecular weight is 437 g/mol. The predicted molar refractivity (Wildman–Crippen MR) is 108 cm³/mol. The van der Waals surface area contributed by atoms with Crippen molar-refractivity contribution in [2.45, 2.75) is 63.8 Å². The van der Waals surface area contributed by atoms with Gasteiger partial charge in [0, 0.05) is 6.54 Å². The normalized spacial score (nSPS) is 23.9. The average Bonchev–Trinajstić information content (AvgIpc) is 2.62. The third-order valence-electron chi connectivity index (χ3n) is 6.10. The van der Waals surface area contributed by atoms with Crippen molar-refractivity contribution in [1.82, 2.24) is 4.90 Å². The van der Waals surface area contributed by atoms with E-state index in [0.29, 0.717) is 0 Å². The van der Waals surface area contributed by atoms with Crippen molar-refractivity contribution in [2.75, 3.05) is 24.4 Å². The number of benzene rings is 1. The number of piperidine rings is 1. The van der Waals surface area contributed by atoms with Crippen LogP contribution in [0.1, 0.15) is 58.4 Å². The molecule has 2 rings (SSSR count). The summed E-state index contributed by atoms with van der Waals surface area (Å²) in [4.78, 5) is 2.44. The van der Waals surface area contributed by atoms with Crippen LogP contribution in [-0.2, 0) is 15.4 Å². The van der Waals surface area contributed by atoms with Crippen LogP contribution in [0.4, 0.5) is 18.9 Å². The molecular formula is C20H31F3N2O3S.